The van der Waals surface area contributed by atoms with E-state index in [1.165, 1.54) is 10.7 Å². The maximum absolute atomic E-state index is 13.9. The molecule has 4 nitrogen and oxygen atoms in total. The number of aryl methyl sites for hydroxylation is 1. The lowest BCUT2D eigenvalue weighted by Crippen LogP contribution is -2.05. The fourth-order valence-corrected chi connectivity index (χ4v) is 2.64. The third-order valence-electron chi connectivity index (χ3n) is 3.52. The van der Waals surface area contributed by atoms with Crippen LogP contribution in [0.3, 0.4) is 0 Å². The molecule has 0 saturated carbocycles. The smallest absolute Gasteiger partial charge is 0.357 e. The van der Waals surface area contributed by atoms with Gasteiger partial charge in [0.15, 0.2) is 5.69 Å². The normalized spacial score (nSPS) is 11.0. The highest BCUT2D eigenvalue weighted by atomic mass is 35.5. The molecule has 0 aliphatic rings. The molecule has 0 radical (unpaired) electrons. The van der Waals surface area contributed by atoms with Crippen LogP contribution in [0.15, 0.2) is 36.4 Å². The Hall–Kier alpha value is -2.40. The van der Waals surface area contributed by atoms with Crippen LogP contribution >= 0.6 is 11.6 Å². The van der Waals surface area contributed by atoms with E-state index < -0.39 is 11.8 Å². The van der Waals surface area contributed by atoms with Crippen LogP contribution in [-0.4, -0.2) is 20.9 Å². The van der Waals surface area contributed by atoms with E-state index in [0.29, 0.717) is 21.5 Å². The van der Waals surface area contributed by atoms with Crippen LogP contribution in [0.2, 0.25) is 5.02 Å². The van der Waals surface area contributed by atoms with Gasteiger partial charge >= 0.3 is 5.97 Å². The summed E-state index contributed by atoms with van der Waals surface area (Å²) in [5.74, 6) is -1.55. The minimum atomic E-state index is -1.10. The molecular formula is C16H12ClFN2O2. The summed E-state index contributed by atoms with van der Waals surface area (Å²) in [6.45, 7) is 1.96. The Morgan fingerprint density at radius 2 is 2.14 bits per heavy atom. The number of carboxylic acid groups (broad SMARTS) is 1. The first kappa shape index (κ1) is 14.5. The van der Waals surface area contributed by atoms with Gasteiger partial charge in [-0.25, -0.2) is 9.18 Å². The highest BCUT2D eigenvalue weighted by Crippen LogP contribution is 2.24. The molecule has 0 atom stereocenters. The van der Waals surface area contributed by atoms with Crippen LogP contribution in [0, 0.1) is 12.7 Å². The number of benzene rings is 2. The van der Waals surface area contributed by atoms with E-state index in [1.54, 1.807) is 18.2 Å². The van der Waals surface area contributed by atoms with E-state index in [9.17, 15) is 14.3 Å². The van der Waals surface area contributed by atoms with Crippen LogP contribution < -0.4 is 0 Å². The lowest BCUT2D eigenvalue weighted by atomic mass is 10.1. The van der Waals surface area contributed by atoms with Gasteiger partial charge in [0, 0.05) is 16.0 Å². The first-order valence-electron chi connectivity index (χ1n) is 6.60. The second kappa shape index (κ2) is 5.42. The number of aromatic carboxylic acids is 1. The third kappa shape index (κ3) is 2.44. The summed E-state index contributed by atoms with van der Waals surface area (Å²) >= 11 is 5.74. The van der Waals surface area contributed by atoms with Crippen LogP contribution in [0.4, 0.5) is 4.39 Å². The number of carboxylic acids is 1. The Balaban J connectivity index is 2.15. The lowest BCUT2D eigenvalue weighted by Gasteiger charge is -2.06. The van der Waals surface area contributed by atoms with Crippen LogP contribution in [0.5, 0.6) is 0 Å². The van der Waals surface area contributed by atoms with Crippen LogP contribution in [-0.2, 0) is 6.54 Å². The van der Waals surface area contributed by atoms with Crippen molar-refractivity contribution in [1.29, 1.82) is 0 Å². The lowest BCUT2D eigenvalue weighted by molar-refractivity contribution is 0.0691. The number of fused-ring (bicyclic) bond motifs is 1. The largest absolute Gasteiger partial charge is 0.476 e. The van der Waals surface area contributed by atoms with E-state index in [-0.39, 0.29) is 12.2 Å². The average molecular weight is 319 g/mol. The van der Waals surface area contributed by atoms with Gasteiger partial charge in [0.1, 0.15) is 5.82 Å². The predicted octanol–water partition coefficient (Wildman–Crippen LogP) is 3.88. The Kier molecular flexibility index (Phi) is 3.58. The third-order valence-corrected chi connectivity index (χ3v) is 3.76. The highest BCUT2D eigenvalue weighted by Gasteiger charge is 2.18. The van der Waals surface area contributed by atoms with Crippen molar-refractivity contribution in [3.8, 4) is 0 Å². The van der Waals surface area contributed by atoms with Crippen molar-refractivity contribution in [3.63, 3.8) is 0 Å². The van der Waals surface area contributed by atoms with Crippen molar-refractivity contribution in [2.24, 2.45) is 0 Å². The first-order chi connectivity index (χ1) is 10.5. The molecule has 0 saturated heterocycles. The van der Waals surface area contributed by atoms with Crippen molar-refractivity contribution in [2.75, 3.05) is 0 Å². The fraction of sp³-hybridized carbons (Fsp3) is 0.125. The van der Waals surface area contributed by atoms with Gasteiger partial charge in [-0.3, -0.25) is 4.68 Å². The molecule has 1 heterocycles. The number of carbonyl (C=O) groups is 1. The first-order valence-corrected chi connectivity index (χ1v) is 6.98. The molecule has 0 aliphatic carbocycles. The van der Waals surface area contributed by atoms with Gasteiger partial charge in [-0.2, -0.15) is 5.10 Å². The van der Waals surface area contributed by atoms with Gasteiger partial charge in [-0.05, 0) is 30.7 Å². The Morgan fingerprint density at radius 3 is 2.82 bits per heavy atom. The zero-order valence-corrected chi connectivity index (χ0v) is 12.4. The predicted molar refractivity (Wildman–Crippen MR) is 81.9 cm³/mol. The second-order valence-corrected chi connectivity index (χ2v) is 5.45. The molecular weight excluding hydrogens is 307 g/mol. The minimum absolute atomic E-state index is 0.0255. The zero-order valence-electron chi connectivity index (χ0n) is 11.7. The van der Waals surface area contributed by atoms with Gasteiger partial charge in [-0.1, -0.05) is 29.8 Å². The molecule has 22 heavy (non-hydrogen) atoms. The molecule has 2 aromatic carbocycles. The molecule has 0 amide bonds. The van der Waals surface area contributed by atoms with Crippen molar-refractivity contribution in [2.45, 2.75) is 13.5 Å². The second-order valence-electron chi connectivity index (χ2n) is 5.02. The maximum atomic E-state index is 13.9. The summed E-state index contributed by atoms with van der Waals surface area (Å²) in [5.41, 5.74) is 1.85. The summed E-state index contributed by atoms with van der Waals surface area (Å²) in [6.07, 6.45) is 0. The van der Waals surface area contributed by atoms with Gasteiger partial charge in [0.05, 0.1) is 12.1 Å². The maximum Gasteiger partial charge on any atom is 0.357 e. The molecule has 0 aliphatic heterocycles. The summed E-state index contributed by atoms with van der Waals surface area (Å²) in [7, 11) is 0. The van der Waals surface area contributed by atoms with Crippen molar-refractivity contribution < 1.29 is 14.3 Å². The molecule has 3 aromatic rings. The number of halogens is 2. The number of hydrogen-bond acceptors (Lipinski definition) is 2. The molecule has 112 valence electrons. The van der Waals surface area contributed by atoms with E-state index in [1.807, 2.05) is 19.1 Å². The minimum Gasteiger partial charge on any atom is -0.476 e. The average Bonchev–Trinajstić information content (AvgIpc) is 2.82. The monoisotopic (exact) mass is 318 g/mol. The fourth-order valence-electron chi connectivity index (χ4n) is 2.48. The van der Waals surface area contributed by atoms with E-state index >= 15 is 0 Å². The van der Waals surface area contributed by atoms with Gasteiger partial charge < -0.3 is 5.11 Å². The number of hydrogen-bond donors (Lipinski definition) is 1. The van der Waals surface area contributed by atoms with Gasteiger partial charge in [0.2, 0.25) is 0 Å². The van der Waals surface area contributed by atoms with Crippen LogP contribution in [0.1, 0.15) is 21.6 Å². The van der Waals surface area contributed by atoms with Crippen molar-refractivity contribution >= 4 is 28.5 Å². The summed E-state index contributed by atoms with van der Waals surface area (Å²) in [4.78, 5) is 11.4. The molecule has 0 spiro atoms. The van der Waals surface area contributed by atoms with Gasteiger partial charge in [-0.15, -0.1) is 0 Å². The molecule has 3 rings (SSSR count). The summed E-state index contributed by atoms with van der Waals surface area (Å²) < 4.78 is 15.4. The highest BCUT2D eigenvalue weighted by molar-refractivity contribution is 6.30. The van der Waals surface area contributed by atoms with E-state index in [4.69, 9.17) is 11.6 Å². The quantitative estimate of drug-likeness (QED) is 0.797. The number of nitrogens with zero attached hydrogens (tertiary/aromatic N) is 2. The molecule has 6 heteroatoms. The summed E-state index contributed by atoms with van der Waals surface area (Å²) in [5, 5.41) is 14.3. The topological polar surface area (TPSA) is 55.1 Å². The van der Waals surface area contributed by atoms with E-state index in [0.717, 1.165) is 5.56 Å². The summed E-state index contributed by atoms with van der Waals surface area (Å²) in [6, 6.07) is 9.81. The van der Waals surface area contributed by atoms with E-state index in [2.05, 4.69) is 5.10 Å². The Morgan fingerprint density at radius 1 is 1.36 bits per heavy atom. The molecule has 1 N–H and O–H groups in total. The van der Waals surface area contributed by atoms with Crippen molar-refractivity contribution in [1.82, 2.24) is 9.78 Å². The van der Waals surface area contributed by atoms with Gasteiger partial charge in [0.25, 0.3) is 0 Å². The zero-order chi connectivity index (χ0) is 15.9. The molecule has 1 aromatic heterocycles. The molecule has 0 bridgehead atoms. The molecule has 0 fully saturated rings. The van der Waals surface area contributed by atoms with Crippen LogP contribution in [0.25, 0.3) is 10.9 Å². The SMILES string of the molecule is Cc1cccc2c1c(C(=O)O)nn2Cc1ccc(Cl)cc1F. The number of aromatic nitrogens is 2. The number of rotatable bonds is 3. The van der Waals surface area contributed by atoms with Crippen molar-refractivity contribution in [3.05, 3.63) is 64.1 Å². The standard InChI is InChI=1S/C16H12ClFN2O2/c1-9-3-2-4-13-14(9)15(16(21)22)19-20(13)8-10-5-6-11(17)7-12(10)18/h2-7H,8H2,1H3,(H,21,22). The Labute approximate surface area is 130 Å². The molecule has 0 unspecified atom stereocenters. The Bertz CT molecular complexity index is 889.